The van der Waals surface area contributed by atoms with Crippen LogP contribution in [-0.2, 0) is 6.54 Å². The summed E-state index contributed by atoms with van der Waals surface area (Å²) in [4.78, 5) is 4.45. The van der Waals surface area contributed by atoms with Crippen molar-refractivity contribution >= 4 is 5.95 Å². The van der Waals surface area contributed by atoms with Gasteiger partial charge >= 0.3 is 0 Å². The van der Waals surface area contributed by atoms with E-state index < -0.39 is 0 Å². The van der Waals surface area contributed by atoms with E-state index >= 15 is 0 Å². The lowest BCUT2D eigenvalue weighted by molar-refractivity contribution is 0.614. The summed E-state index contributed by atoms with van der Waals surface area (Å²) in [5.41, 5.74) is 2.50. The maximum Gasteiger partial charge on any atom is 0.203 e. The molecule has 106 valence electrons. The first-order chi connectivity index (χ1) is 9.51. The highest BCUT2D eigenvalue weighted by molar-refractivity contribution is 5.35. The molecule has 20 heavy (non-hydrogen) atoms. The second-order valence-corrected chi connectivity index (χ2v) is 5.02. The van der Waals surface area contributed by atoms with Crippen LogP contribution in [0.15, 0.2) is 37.1 Å². The van der Waals surface area contributed by atoms with Gasteiger partial charge in [0.1, 0.15) is 5.82 Å². The summed E-state index contributed by atoms with van der Waals surface area (Å²) in [6, 6.07) is 5.28. The third-order valence-electron chi connectivity index (χ3n) is 3.26. The van der Waals surface area contributed by atoms with Gasteiger partial charge < -0.3 is 9.88 Å². The molecule has 0 aliphatic heterocycles. The van der Waals surface area contributed by atoms with Gasteiger partial charge in [-0.25, -0.2) is 9.37 Å². The van der Waals surface area contributed by atoms with Crippen LogP contribution in [0.25, 0.3) is 0 Å². The first-order valence-electron chi connectivity index (χ1n) is 6.68. The third-order valence-corrected chi connectivity index (χ3v) is 3.26. The van der Waals surface area contributed by atoms with Gasteiger partial charge in [-0.3, -0.25) is 0 Å². The molecule has 3 nitrogen and oxygen atoms in total. The minimum Gasteiger partial charge on any atom is -0.349 e. The molecule has 2 rings (SSSR count). The van der Waals surface area contributed by atoms with Gasteiger partial charge in [0.05, 0.1) is 11.7 Å². The molecule has 0 aliphatic rings. The number of hydrogen-bond donors (Lipinski definition) is 1. The largest absolute Gasteiger partial charge is 0.349 e. The Kier molecular flexibility index (Phi) is 4.23. The van der Waals surface area contributed by atoms with E-state index in [-0.39, 0.29) is 11.9 Å². The SMILES string of the molecule is C=CCn1cc(C)nc1NC(C)c1ccc(C)c(F)c1. The third kappa shape index (κ3) is 3.07. The highest BCUT2D eigenvalue weighted by Crippen LogP contribution is 2.21. The molecule has 1 heterocycles. The predicted octanol–water partition coefficient (Wildman–Crippen LogP) is 4.00. The zero-order valence-corrected chi connectivity index (χ0v) is 12.2. The van der Waals surface area contributed by atoms with Crippen LogP contribution in [0.2, 0.25) is 0 Å². The van der Waals surface area contributed by atoms with E-state index in [1.54, 1.807) is 19.1 Å². The molecule has 1 aromatic heterocycles. The van der Waals surface area contributed by atoms with Crippen LogP contribution in [-0.4, -0.2) is 9.55 Å². The van der Waals surface area contributed by atoms with Crippen molar-refractivity contribution in [1.82, 2.24) is 9.55 Å². The number of rotatable bonds is 5. The Morgan fingerprint density at radius 1 is 1.45 bits per heavy atom. The summed E-state index contributed by atoms with van der Waals surface area (Å²) in [6.07, 6.45) is 3.79. The number of hydrogen-bond acceptors (Lipinski definition) is 2. The molecule has 2 aromatic rings. The maximum atomic E-state index is 13.6. The molecule has 1 atom stereocenters. The van der Waals surface area contributed by atoms with E-state index in [0.717, 1.165) is 17.2 Å². The number of allylic oxidation sites excluding steroid dienone is 1. The highest BCUT2D eigenvalue weighted by Gasteiger charge is 2.11. The van der Waals surface area contributed by atoms with Crippen molar-refractivity contribution in [2.75, 3.05) is 5.32 Å². The van der Waals surface area contributed by atoms with Crippen molar-refractivity contribution in [3.8, 4) is 0 Å². The standard InChI is InChI=1S/C16H20FN3/c1-5-8-20-10-12(3)18-16(20)19-13(4)14-7-6-11(2)15(17)9-14/h5-7,9-10,13H,1,8H2,2-4H3,(H,18,19). The van der Waals surface area contributed by atoms with E-state index in [2.05, 4.69) is 16.9 Å². The van der Waals surface area contributed by atoms with Crippen molar-refractivity contribution in [3.63, 3.8) is 0 Å². The number of nitrogens with zero attached hydrogens (tertiary/aromatic N) is 2. The second kappa shape index (κ2) is 5.90. The second-order valence-electron chi connectivity index (χ2n) is 5.02. The Balaban J connectivity index is 2.20. The highest BCUT2D eigenvalue weighted by atomic mass is 19.1. The quantitative estimate of drug-likeness (QED) is 0.834. The summed E-state index contributed by atoms with van der Waals surface area (Å²) in [6.45, 7) is 10.1. The van der Waals surface area contributed by atoms with Crippen LogP contribution >= 0.6 is 0 Å². The zero-order chi connectivity index (χ0) is 14.7. The molecule has 0 saturated heterocycles. The van der Waals surface area contributed by atoms with E-state index in [9.17, 15) is 4.39 Å². The topological polar surface area (TPSA) is 29.9 Å². The Hall–Kier alpha value is -2.10. The predicted molar refractivity (Wildman–Crippen MR) is 80.3 cm³/mol. The zero-order valence-electron chi connectivity index (χ0n) is 12.2. The number of nitrogens with one attached hydrogen (secondary N) is 1. The molecule has 0 fully saturated rings. The lowest BCUT2D eigenvalue weighted by Crippen LogP contribution is -2.11. The van der Waals surface area contributed by atoms with Gasteiger partial charge in [-0.15, -0.1) is 6.58 Å². The molecule has 1 unspecified atom stereocenters. The molecule has 0 bridgehead atoms. The number of halogens is 1. The van der Waals surface area contributed by atoms with E-state index in [0.29, 0.717) is 12.1 Å². The first-order valence-corrected chi connectivity index (χ1v) is 6.68. The van der Waals surface area contributed by atoms with Gasteiger partial charge in [-0.05, 0) is 38.0 Å². The van der Waals surface area contributed by atoms with Crippen LogP contribution in [0.1, 0.15) is 29.8 Å². The van der Waals surface area contributed by atoms with Gasteiger partial charge in [-0.1, -0.05) is 18.2 Å². The van der Waals surface area contributed by atoms with Crippen LogP contribution in [0.4, 0.5) is 10.3 Å². The fourth-order valence-electron chi connectivity index (χ4n) is 2.10. The molecular formula is C16H20FN3. The molecule has 1 N–H and O–H groups in total. The summed E-state index contributed by atoms with van der Waals surface area (Å²) in [5.74, 6) is 0.595. The smallest absolute Gasteiger partial charge is 0.203 e. The molecular weight excluding hydrogens is 253 g/mol. The lowest BCUT2D eigenvalue weighted by Gasteiger charge is -2.16. The van der Waals surface area contributed by atoms with Crippen molar-refractivity contribution in [1.29, 1.82) is 0 Å². The molecule has 0 amide bonds. The molecule has 4 heteroatoms. The van der Waals surface area contributed by atoms with E-state index in [4.69, 9.17) is 0 Å². The summed E-state index contributed by atoms with van der Waals surface area (Å²) < 4.78 is 15.6. The van der Waals surface area contributed by atoms with Crippen molar-refractivity contribution in [3.05, 3.63) is 59.7 Å². The number of imidazole rings is 1. The minimum absolute atomic E-state index is 0.0181. The monoisotopic (exact) mass is 273 g/mol. The summed E-state index contributed by atoms with van der Waals surface area (Å²) in [5, 5.41) is 3.32. The Labute approximate surface area is 119 Å². The van der Waals surface area contributed by atoms with Crippen LogP contribution in [0, 0.1) is 19.7 Å². The average Bonchev–Trinajstić information content (AvgIpc) is 2.73. The average molecular weight is 273 g/mol. The fraction of sp³-hybridized carbons (Fsp3) is 0.312. The first kappa shape index (κ1) is 14.3. The Morgan fingerprint density at radius 2 is 2.20 bits per heavy atom. The van der Waals surface area contributed by atoms with Gasteiger partial charge in [0.2, 0.25) is 5.95 Å². The molecule has 0 spiro atoms. The summed E-state index contributed by atoms with van der Waals surface area (Å²) in [7, 11) is 0. The lowest BCUT2D eigenvalue weighted by atomic mass is 10.1. The Bertz CT molecular complexity index is 616. The maximum absolute atomic E-state index is 13.6. The number of anilines is 1. The van der Waals surface area contributed by atoms with Crippen molar-refractivity contribution in [2.24, 2.45) is 0 Å². The van der Waals surface area contributed by atoms with E-state index in [1.165, 1.54) is 0 Å². The summed E-state index contributed by atoms with van der Waals surface area (Å²) >= 11 is 0. The number of aromatic nitrogens is 2. The number of benzene rings is 1. The van der Waals surface area contributed by atoms with Gasteiger partial charge in [-0.2, -0.15) is 0 Å². The van der Waals surface area contributed by atoms with Gasteiger partial charge in [0, 0.05) is 12.7 Å². The molecule has 0 aliphatic carbocycles. The molecule has 1 aromatic carbocycles. The van der Waals surface area contributed by atoms with Crippen LogP contribution in [0.3, 0.4) is 0 Å². The van der Waals surface area contributed by atoms with Crippen LogP contribution in [0.5, 0.6) is 0 Å². The van der Waals surface area contributed by atoms with Crippen molar-refractivity contribution in [2.45, 2.75) is 33.4 Å². The number of aryl methyl sites for hydroxylation is 2. The molecule has 0 saturated carbocycles. The molecule has 0 radical (unpaired) electrons. The van der Waals surface area contributed by atoms with E-state index in [1.807, 2.05) is 36.8 Å². The van der Waals surface area contributed by atoms with Crippen molar-refractivity contribution < 1.29 is 4.39 Å². The normalized spacial score (nSPS) is 12.2. The minimum atomic E-state index is -0.179. The fourth-order valence-corrected chi connectivity index (χ4v) is 2.10. The van der Waals surface area contributed by atoms with Gasteiger partial charge in [0.25, 0.3) is 0 Å². The van der Waals surface area contributed by atoms with Crippen LogP contribution < -0.4 is 5.32 Å². The Morgan fingerprint density at radius 3 is 2.85 bits per heavy atom. The van der Waals surface area contributed by atoms with Gasteiger partial charge in [0.15, 0.2) is 0 Å².